The Hall–Kier alpha value is -1.00. The van der Waals surface area contributed by atoms with Crippen LogP contribution in [0.3, 0.4) is 0 Å². The molecule has 4 heteroatoms. The number of aromatic nitrogens is 2. The fraction of sp³-hybridized carbons (Fsp3) is 0.636. The van der Waals surface area contributed by atoms with Crippen LogP contribution in [0.1, 0.15) is 17.8 Å². The smallest absolute Gasteiger partial charge is 0.0727 e. The van der Waals surface area contributed by atoms with E-state index in [0.717, 1.165) is 44.1 Å². The average Bonchev–Trinajstić information content (AvgIpc) is 2.50. The molecule has 0 aromatic carbocycles. The quantitative estimate of drug-likeness (QED) is 0.768. The van der Waals surface area contributed by atoms with Crippen molar-refractivity contribution in [2.24, 2.45) is 0 Å². The van der Waals surface area contributed by atoms with Gasteiger partial charge in [0.2, 0.25) is 0 Å². The molecule has 2 heterocycles. The topological polar surface area (TPSA) is 41.1 Å². The van der Waals surface area contributed by atoms with Crippen molar-refractivity contribution < 1.29 is 0 Å². The lowest BCUT2D eigenvalue weighted by molar-refractivity contribution is 0.280. The molecule has 0 unspecified atom stereocenters. The zero-order valence-electron chi connectivity index (χ0n) is 9.24. The molecule has 0 aliphatic carbocycles. The number of rotatable bonds is 2. The van der Waals surface area contributed by atoms with Crippen LogP contribution in [-0.2, 0) is 6.54 Å². The summed E-state index contributed by atoms with van der Waals surface area (Å²) in [7, 11) is 0. The molecule has 1 N–H and O–H groups in total. The summed E-state index contributed by atoms with van der Waals surface area (Å²) >= 11 is 0. The second-order valence-corrected chi connectivity index (χ2v) is 4.03. The minimum Gasteiger partial charge on any atom is -0.315 e. The summed E-state index contributed by atoms with van der Waals surface area (Å²) in [6, 6.07) is 0. The molecule has 0 spiro atoms. The number of aryl methyl sites for hydroxylation is 1. The van der Waals surface area contributed by atoms with Gasteiger partial charge >= 0.3 is 0 Å². The first kappa shape index (κ1) is 10.5. The fourth-order valence-electron chi connectivity index (χ4n) is 1.79. The normalized spacial score (nSPS) is 18.7. The Morgan fingerprint density at radius 2 is 2.20 bits per heavy atom. The molecule has 1 aromatic rings. The summed E-state index contributed by atoms with van der Waals surface area (Å²) in [5.74, 6) is 0. The molecule has 4 nitrogen and oxygen atoms in total. The maximum Gasteiger partial charge on any atom is 0.0727 e. The standard InChI is InChI=1S/C11H18N4/c1-10-7-14-11(8-13-10)9-15-5-2-3-12-4-6-15/h7-8,12H,2-6,9H2,1H3. The SMILES string of the molecule is Cc1cnc(CN2CCCNCC2)cn1. The van der Waals surface area contributed by atoms with E-state index in [1.807, 2.05) is 19.3 Å². The van der Waals surface area contributed by atoms with Crippen molar-refractivity contribution in [1.29, 1.82) is 0 Å². The van der Waals surface area contributed by atoms with Crippen LogP contribution in [0.4, 0.5) is 0 Å². The molecule has 0 saturated carbocycles. The lowest BCUT2D eigenvalue weighted by atomic mass is 10.3. The first-order valence-electron chi connectivity index (χ1n) is 5.55. The van der Waals surface area contributed by atoms with Crippen molar-refractivity contribution in [3.63, 3.8) is 0 Å². The van der Waals surface area contributed by atoms with Gasteiger partial charge in [-0.3, -0.25) is 14.9 Å². The van der Waals surface area contributed by atoms with E-state index in [9.17, 15) is 0 Å². The summed E-state index contributed by atoms with van der Waals surface area (Å²) < 4.78 is 0. The number of hydrogen-bond donors (Lipinski definition) is 1. The van der Waals surface area contributed by atoms with Gasteiger partial charge in [0.1, 0.15) is 0 Å². The van der Waals surface area contributed by atoms with E-state index < -0.39 is 0 Å². The highest BCUT2D eigenvalue weighted by atomic mass is 15.2. The molecule has 0 amide bonds. The Kier molecular flexibility index (Phi) is 3.64. The molecular weight excluding hydrogens is 188 g/mol. The molecule has 2 rings (SSSR count). The van der Waals surface area contributed by atoms with E-state index in [-0.39, 0.29) is 0 Å². The van der Waals surface area contributed by atoms with Gasteiger partial charge in [0.15, 0.2) is 0 Å². The minimum absolute atomic E-state index is 0.926. The average molecular weight is 206 g/mol. The van der Waals surface area contributed by atoms with Crippen molar-refractivity contribution in [2.45, 2.75) is 19.9 Å². The predicted octanol–water partition coefficient (Wildman–Crippen LogP) is 0.580. The van der Waals surface area contributed by atoms with Crippen LogP contribution in [0.25, 0.3) is 0 Å². The number of hydrogen-bond acceptors (Lipinski definition) is 4. The zero-order valence-corrected chi connectivity index (χ0v) is 9.24. The summed E-state index contributed by atoms with van der Waals surface area (Å²) in [5, 5.41) is 3.39. The van der Waals surface area contributed by atoms with Crippen LogP contribution in [0.2, 0.25) is 0 Å². The fourth-order valence-corrected chi connectivity index (χ4v) is 1.79. The maximum absolute atomic E-state index is 4.38. The Balaban J connectivity index is 1.92. The molecule has 1 saturated heterocycles. The number of nitrogens with one attached hydrogen (secondary N) is 1. The minimum atomic E-state index is 0.926. The maximum atomic E-state index is 4.38. The van der Waals surface area contributed by atoms with Crippen LogP contribution in [-0.4, -0.2) is 41.0 Å². The van der Waals surface area contributed by atoms with Gasteiger partial charge in [-0.1, -0.05) is 0 Å². The summed E-state index contributed by atoms with van der Waals surface area (Å²) in [6.45, 7) is 7.37. The third-order valence-electron chi connectivity index (χ3n) is 2.65. The van der Waals surface area contributed by atoms with E-state index >= 15 is 0 Å². The van der Waals surface area contributed by atoms with E-state index in [1.165, 1.54) is 6.42 Å². The molecule has 1 aliphatic heterocycles. The summed E-state index contributed by atoms with van der Waals surface area (Å²) in [4.78, 5) is 11.1. The third kappa shape index (κ3) is 3.25. The first-order chi connectivity index (χ1) is 7.34. The molecule has 15 heavy (non-hydrogen) atoms. The first-order valence-corrected chi connectivity index (χ1v) is 5.55. The van der Waals surface area contributed by atoms with Gasteiger partial charge in [-0.05, 0) is 26.4 Å². The zero-order chi connectivity index (χ0) is 10.5. The van der Waals surface area contributed by atoms with Gasteiger partial charge in [-0.15, -0.1) is 0 Å². The number of nitrogens with zero attached hydrogens (tertiary/aromatic N) is 3. The van der Waals surface area contributed by atoms with E-state index in [0.29, 0.717) is 0 Å². The van der Waals surface area contributed by atoms with E-state index in [2.05, 4.69) is 20.2 Å². The lowest BCUT2D eigenvalue weighted by Crippen LogP contribution is -2.28. The van der Waals surface area contributed by atoms with E-state index in [4.69, 9.17) is 0 Å². The molecule has 1 aliphatic rings. The van der Waals surface area contributed by atoms with Crippen LogP contribution in [0.5, 0.6) is 0 Å². The van der Waals surface area contributed by atoms with Gasteiger partial charge < -0.3 is 5.32 Å². The van der Waals surface area contributed by atoms with Crippen molar-refractivity contribution in [3.8, 4) is 0 Å². The molecule has 0 bridgehead atoms. The highest BCUT2D eigenvalue weighted by molar-refractivity contribution is 5.00. The van der Waals surface area contributed by atoms with Gasteiger partial charge in [0.05, 0.1) is 11.4 Å². The molecule has 1 aromatic heterocycles. The summed E-state index contributed by atoms with van der Waals surface area (Å²) in [6.07, 6.45) is 4.94. The van der Waals surface area contributed by atoms with Crippen molar-refractivity contribution >= 4 is 0 Å². The second-order valence-electron chi connectivity index (χ2n) is 4.03. The largest absolute Gasteiger partial charge is 0.315 e. The monoisotopic (exact) mass is 206 g/mol. The Morgan fingerprint density at radius 3 is 3.00 bits per heavy atom. The molecule has 1 fully saturated rings. The van der Waals surface area contributed by atoms with Crippen LogP contribution in [0, 0.1) is 6.92 Å². The van der Waals surface area contributed by atoms with E-state index in [1.54, 1.807) is 0 Å². The van der Waals surface area contributed by atoms with Crippen molar-refractivity contribution in [3.05, 3.63) is 23.8 Å². The van der Waals surface area contributed by atoms with Crippen LogP contribution < -0.4 is 5.32 Å². The highest BCUT2D eigenvalue weighted by Crippen LogP contribution is 2.02. The Morgan fingerprint density at radius 1 is 1.27 bits per heavy atom. The van der Waals surface area contributed by atoms with Crippen molar-refractivity contribution in [1.82, 2.24) is 20.2 Å². The second kappa shape index (κ2) is 5.19. The van der Waals surface area contributed by atoms with Gasteiger partial charge in [0.25, 0.3) is 0 Å². The van der Waals surface area contributed by atoms with Crippen LogP contribution in [0.15, 0.2) is 12.4 Å². The van der Waals surface area contributed by atoms with Crippen molar-refractivity contribution in [2.75, 3.05) is 26.2 Å². The van der Waals surface area contributed by atoms with Gasteiger partial charge in [0, 0.05) is 32.0 Å². The summed E-state index contributed by atoms with van der Waals surface area (Å²) in [5.41, 5.74) is 2.05. The van der Waals surface area contributed by atoms with Gasteiger partial charge in [-0.2, -0.15) is 0 Å². The lowest BCUT2D eigenvalue weighted by Gasteiger charge is -2.18. The molecule has 0 radical (unpaired) electrons. The van der Waals surface area contributed by atoms with Crippen LogP contribution >= 0.6 is 0 Å². The Labute approximate surface area is 90.7 Å². The molecule has 0 atom stereocenters. The Bertz CT molecular complexity index is 288. The van der Waals surface area contributed by atoms with Gasteiger partial charge in [-0.25, -0.2) is 0 Å². The molecule has 82 valence electrons. The predicted molar refractivity (Wildman–Crippen MR) is 59.5 cm³/mol. The highest BCUT2D eigenvalue weighted by Gasteiger charge is 2.09. The molecular formula is C11H18N4. The third-order valence-corrected chi connectivity index (χ3v) is 2.65.